The Morgan fingerprint density at radius 2 is 2.08 bits per heavy atom. The number of benzene rings is 1. The maximum atomic E-state index is 11.8. The van der Waals surface area contributed by atoms with Gasteiger partial charge in [0.2, 0.25) is 0 Å². The van der Waals surface area contributed by atoms with Crippen molar-refractivity contribution in [3.63, 3.8) is 0 Å². The zero-order valence-electron chi connectivity index (χ0n) is 15.4. The number of para-hydroxylation sites is 1. The van der Waals surface area contributed by atoms with Crippen molar-refractivity contribution in [2.45, 2.75) is 58.7 Å². The summed E-state index contributed by atoms with van der Waals surface area (Å²) in [7, 11) is 0. The SMILES string of the molecule is CC(CCNC1c2ccccc2OCC1C)NC(=O)OC(C)(C)C. The number of amides is 1. The van der Waals surface area contributed by atoms with Gasteiger partial charge in [0.1, 0.15) is 11.4 Å². The molecule has 0 aromatic heterocycles. The van der Waals surface area contributed by atoms with Gasteiger partial charge in [-0.1, -0.05) is 25.1 Å². The van der Waals surface area contributed by atoms with Crippen molar-refractivity contribution in [1.29, 1.82) is 0 Å². The summed E-state index contributed by atoms with van der Waals surface area (Å²) in [5.74, 6) is 1.38. The quantitative estimate of drug-likeness (QED) is 0.863. The lowest BCUT2D eigenvalue weighted by atomic mass is 9.92. The molecule has 5 heteroatoms. The van der Waals surface area contributed by atoms with E-state index in [0.717, 1.165) is 25.3 Å². The van der Waals surface area contributed by atoms with Crippen LogP contribution in [0, 0.1) is 5.92 Å². The lowest BCUT2D eigenvalue weighted by Crippen LogP contribution is -2.40. The van der Waals surface area contributed by atoms with Crippen molar-refractivity contribution < 1.29 is 14.3 Å². The normalized spacial score (nSPS) is 21.4. The summed E-state index contributed by atoms with van der Waals surface area (Å²) >= 11 is 0. The zero-order valence-corrected chi connectivity index (χ0v) is 15.4. The molecule has 0 aliphatic carbocycles. The molecule has 5 nitrogen and oxygen atoms in total. The average molecular weight is 334 g/mol. The molecule has 0 spiro atoms. The van der Waals surface area contributed by atoms with Gasteiger partial charge < -0.3 is 20.1 Å². The lowest BCUT2D eigenvalue weighted by molar-refractivity contribution is 0.0506. The third-order valence-electron chi connectivity index (χ3n) is 4.03. The van der Waals surface area contributed by atoms with E-state index >= 15 is 0 Å². The number of hydrogen-bond acceptors (Lipinski definition) is 4. The van der Waals surface area contributed by atoms with Crippen LogP contribution < -0.4 is 15.4 Å². The molecule has 2 N–H and O–H groups in total. The number of alkyl carbamates (subject to hydrolysis) is 1. The first kappa shape index (κ1) is 18.6. The van der Waals surface area contributed by atoms with Gasteiger partial charge in [-0.2, -0.15) is 0 Å². The first-order chi connectivity index (χ1) is 11.3. The molecule has 1 aromatic rings. The van der Waals surface area contributed by atoms with Crippen LogP contribution in [-0.2, 0) is 4.74 Å². The van der Waals surface area contributed by atoms with Crippen LogP contribution in [0.2, 0.25) is 0 Å². The predicted octanol–water partition coefficient (Wildman–Crippen LogP) is 3.65. The van der Waals surface area contributed by atoms with Gasteiger partial charge in [-0.25, -0.2) is 4.79 Å². The first-order valence-corrected chi connectivity index (χ1v) is 8.71. The van der Waals surface area contributed by atoms with Crippen LogP contribution in [0.1, 0.15) is 52.6 Å². The fourth-order valence-electron chi connectivity index (χ4n) is 2.84. The lowest BCUT2D eigenvalue weighted by Gasteiger charge is -2.32. The van der Waals surface area contributed by atoms with Crippen molar-refractivity contribution in [3.05, 3.63) is 29.8 Å². The van der Waals surface area contributed by atoms with E-state index in [4.69, 9.17) is 9.47 Å². The van der Waals surface area contributed by atoms with Crippen LogP contribution in [-0.4, -0.2) is 30.9 Å². The van der Waals surface area contributed by atoms with E-state index < -0.39 is 5.60 Å². The van der Waals surface area contributed by atoms with Crippen LogP contribution in [0.4, 0.5) is 4.79 Å². The first-order valence-electron chi connectivity index (χ1n) is 8.71. The summed E-state index contributed by atoms with van der Waals surface area (Å²) in [5.41, 5.74) is 0.743. The van der Waals surface area contributed by atoms with E-state index in [2.05, 4.69) is 23.6 Å². The molecule has 0 fully saturated rings. The second-order valence-electron chi connectivity index (χ2n) is 7.59. The molecule has 134 valence electrons. The smallest absolute Gasteiger partial charge is 0.407 e. The third-order valence-corrected chi connectivity index (χ3v) is 4.03. The fourth-order valence-corrected chi connectivity index (χ4v) is 2.84. The van der Waals surface area contributed by atoms with Gasteiger partial charge in [0.05, 0.1) is 6.61 Å². The Morgan fingerprint density at radius 1 is 1.38 bits per heavy atom. The number of nitrogens with one attached hydrogen (secondary N) is 2. The number of carbonyl (C=O) groups excluding carboxylic acids is 1. The van der Waals surface area contributed by atoms with E-state index in [-0.39, 0.29) is 18.2 Å². The minimum atomic E-state index is -0.469. The molecule has 1 amide bonds. The number of fused-ring (bicyclic) bond motifs is 1. The van der Waals surface area contributed by atoms with E-state index in [1.54, 1.807) is 0 Å². The van der Waals surface area contributed by atoms with Crippen LogP contribution in [0.3, 0.4) is 0 Å². The summed E-state index contributed by atoms with van der Waals surface area (Å²) in [6.07, 6.45) is 0.477. The molecule has 0 saturated heterocycles. The monoisotopic (exact) mass is 334 g/mol. The number of hydrogen-bond donors (Lipinski definition) is 2. The molecule has 1 aromatic carbocycles. The summed E-state index contributed by atoms with van der Waals surface area (Å²) in [6, 6.07) is 8.51. The minimum Gasteiger partial charge on any atom is -0.493 e. The van der Waals surface area contributed by atoms with Crippen LogP contribution >= 0.6 is 0 Å². The topological polar surface area (TPSA) is 59.6 Å². The average Bonchev–Trinajstić information content (AvgIpc) is 2.47. The molecule has 1 aliphatic rings. The maximum Gasteiger partial charge on any atom is 0.407 e. The van der Waals surface area contributed by atoms with Gasteiger partial charge >= 0.3 is 6.09 Å². The highest BCUT2D eigenvalue weighted by molar-refractivity contribution is 5.68. The van der Waals surface area contributed by atoms with E-state index in [0.29, 0.717) is 5.92 Å². The molecule has 3 unspecified atom stereocenters. The molecule has 0 bridgehead atoms. The van der Waals surface area contributed by atoms with E-state index in [9.17, 15) is 4.79 Å². The highest BCUT2D eigenvalue weighted by atomic mass is 16.6. The highest BCUT2D eigenvalue weighted by Gasteiger charge is 2.27. The number of carbonyl (C=O) groups is 1. The second kappa shape index (κ2) is 7.88. The molecular weight excluding hydrogens is 304 g/mol. The molecule has 0 saturated carbocycles. The standard InChI is InChI=1S/C19H30N2O3/c1-13-12-23-16-9-7-6-8-15(16)17(13)20-11-10-14(2)21-18(22)24-19(3,4)5/h6-9,13-14,17,20H,10-12H2,1-5H3,(H,21,22). The summed E-state index contributed by atoms with van der Waals surface area (Å²) in [5, 5.41) is 6.49. The molecular formula is C19H30N2O3. The minimum absolute atomic E-state index is 0.0535. The molecule has 0 radical (unpaired) electrons. The Morgan fingerprint density at radius 3 is 2.79 bits per heavy atom. The van der Waals surface area contributed by atoms with E-state index in [1.807, 2.05) is 45.9 Å². The van der Waals surface area contributed by atoms with Crippen molar-refractivity contribution in [2.24, 2.45) is 5.92 Å². The van der Waals surface area contributed by atoms with Crippen LogP contribution in [0.25, 0.3) is 0 Å². The van der Waals surface area contributed by atoms with Gasteiger partial charge in [-0.05, 0) is 46.7 Å². The van der Waals surface area contributed by atoms with E-state index in [1.165, 1.54) is 5.56 Å². The Labute approximate surface area is 145 Å². The molecule has 3 atom stereocenters. The van der Waals surface area contributed by atoms with Crippen molar-refractivity contribution in [3.8, 4) is 5.75 Å². The third kappa shape index (κ3) is 5.41. The summed E-state index contributed by atoms with van der Waals surface area (Å²) < 4.78 is 11.1. The Hall–Kier alpha value is -1.75. The van der Waals surface area contributed by atoms with Gasteiger partial charge in [0.25, 0.3) is 0 Å². The maximum absolute atomic E-state index is 11.8. The summed E-state index contributed by atoms with van der Waals surface area (Å²) in [6.45, 7) is 11.3. The molecule has 1 aliphatic heterocycles. The van der Waals surface area contributed by atoms with Crippen LogP contribution in [0.15, 0.2) is 24.3 Å². The Kier molecular flexibility index (Phi) is 6.10. The Balaban J connectivity index is 1.80. The van der Waals surface area contributed by atoms with Gasteiger partial charge in [0, 0.05) is 23.6 Å². The Bertz CT molecular complexity index is 554. The number of ether oxygens (including phenoxy) is 2. The van der Waals surface area contributed by atoms with Crippen molar-refractivity contribution in [1.82, 2.24) is 10.6 Å². The van der Waals surface area contributed by atoms with Crippen molar-refractivity contribution >= 4 is 6.09 Å². The fraction of sp³-hybridized carbons (Fsp3) is 0.632. The summed E-state index contributed by atoms with van der Waals surface area (Å²) in [4.78, 5) is 11.8. The molecule has 24 heavy (non-hydrogen) atoms. The predicted molar refractivity (Wildman–Crippen MR) is 95.3 cm³/mol. The largest absolute Gasteiger partial charge is 0.493 e. The second-order valence-corrected chi connectivity index (χ2v) is 7.59. The van der Waals surface area contributed by atoms with Gasteiger partial charge in [-0.3, -0.25) is 0 Å². The van der Waals surface area contributed by atoms with Gasteiger partial charge in [-0.15, -0.1) is 0 Å². The van der Waals surface area contributed by atoms with Gasteiger partial charge in [0.15, 0.2) is 0 Å². The van der Waals surface area contributed by atoms with Crippen molar-refractivity contribution in [2.75, 3.05) is 13.2 Å². The highest BCUT2D eigenvalue weighted by Crippen LogP contribution is 2.34. The zero-order chi connectivity index (χ0) is 17.7. The molecule has 2 rings (SSSR count). The molecule has 1 heterocycles. The number of rotatable bonds is 5. The van der Waals surface area contributed by atoms with Crippen LogP contribution in [0.5, 0.6) is 5.75 Å².